The Morgan fingerprint density at radius 2 is 1.94 bits per heavy atom. The first-order chi connectivity index (χ1) is 8.33. The highest BCUT2D eigenvalue weighted by molar-refractivity contribution is 5.34. The first-order valence-electron chi connectivity index (χ1n) is 6.17. The maximum atomic E-state index is 5.54. The van der Waals surface area contributed by atoms with Crippen LogP contribution in [0, 0.1) is 0 Å². The Kier molecular flexibility index (Phi) is 3.94. The van der Waals surface area contributed by atoms with E-state index in [0.717, 1.165) is 17.8 Å². The van der Waals surface area contributed by atoms with Crippen LogP contribution >= 0.6 is 0 Å². The van der Waals surface area contributed by atoms with Crippen molar-refractivity contribution < 1.29 is 0 Å². The number of unbranched alkanes of at least 4 members (excludes halogenated alkanes) is 1. The monoisotopic (exact) mass is 229 g/mol. The number of aryl methyl sites for hydroxylation is 1. The number of hydrogen-bond donors (Lipinski definition) is 1. The van der Waals surface area contributed by atoms with Crippen molar-refractivity contribution in [3.63, 3.8) is 0 Å². The Hall–Kier alpha value is -1.61. The molecular formula is C14H19N3. The lowest BCUT2D eigenvalue weighted by atomic mass is 10.1. The number of hydrogen-bond acceptors (Lipinski definition) is 2. The molecule has 0 radical (unpaired) electrons. The zero-order valence-electron chi connectivity index (χ0n) is 10.3. The highest BCUT2D eigenvalue weighted by atomic mass is 15.3. The van der Waals surface area contributed by atoms with Crippen LogP contribution in [0.1, 0.15) is 31.0 Å². The van der Waals surface area contributed by atoms with E-state index in [1.165, 1.54) is 18.4 Å². The van der Waals surface area contributed by atoms with Gasteiger partial charge < -0.3 is 5.73 Å². The summed E-state index contributed by atoms with van der Waals surface area (Å²) in [5.74, 6) is 0. The number of aromatic nitrogens is 2. The summed E-state index contributed by atoms with van der Waals surface area (Å²) in [4.78, 5) is 0. The third-order valence-electron chi connectivity index (χ3n) is 2.87. The molecule has 1 aromatic carbocycles. The Morgan fingerprint density at radius 1 is 1.18 bits per heavy atom. The summed E-state index contributed by atoms with van der Waals surface area (Å²) in [6.07, 6.45) is 5.59. The normalized spacial score (nSPS) is 10.7. The van der Waals surface area contributed by atoms with E-state index < -0.39 is 0 Å². The van der Waals surface area contributed by atoms with Gasteiger partial charge in [-0.3, -0.25) is 0 Å². The van der Waals surface area contributed by atoms with Crippen LogP contribution in [0.4, 0.5) is 0 Å². The van der Waals surface area contributed by atoms with E-state index in [2.05, 4.69) is 36.3 Å². The zero-order chi connectivity index (χ0) is 12.1. The fraction of sp³-hybridized carbons (Fsp3) is 0.357. The lowest BCUT2D eigenvalue weighted by Gasteiger charge is -2.03. The van der Waals surface area contributed by atoms with Gasteiger partial charge in [-0.25, -0.2) is 4.68 Å². The molecule has 2 rings (SSSR count). The first kappa shape index (κ1) is 11.9. The Balaban J connectivity index is 2.11. The summed E-state index contributed by atoms with van der Waals surface area (Å²) < 4.78 is 1.87. The summed E-state index contributed by atoms with van der Waals surface area (Å²) in [7, 11) is 0. The maximum absolute atomic E-state index is 5.54. The molecule has 90 valence electrons. The highest BCUT2D eigenvalue weighted by Gasteiger charge is 2.00. The van der Waals surface area contributed by atoms with Gasteiger partial charge in [-0.2, -0.15) is 5.10 Å². The van der Waals surface area contributed by atoms with E-state index in [1.807, 2.05) is 16.9 Å². The highest BCUT2D eigenvalue weighted by Crippen LogP contribution is 2.11. The maximum Gasteiger partial charge on any atom is 0.0764 e. The van der Waals surface area contributed by atoms with Gasteiger partial charge in [0.15, 0.2) is 0 Å². The topological polar surface area (TPSA) is 43.8 Å². The van der Waals surface area contributed by atoms with Crippen LogP contribution in [-0.2, 0) is 13.0 Å². The van der Waals surface area contributed by atoms with Crippen molar-refractivity contribution in [1.29, 1.82) is 0 Å². The molecule has 0 amide bonds. The molecule has 1 heterocycles. The molecule has 17 heavy (non-hydrogen) atoms. The summed E-state index contributed by atoms with van der Waals surface area (Å²) in [6.45, 7) is 2.70. The summed E-state index contributed by atoms with van der Waals surface area (Å²) in [5.41, 5.74) is 8.94. The second-order valence-electron chi connectivity index (χ2n) is 4.23. The van der Waals surface area contributed by atoms with Crippen molar-refractivity contribution in [3.8, 4) is 5.69 Å². The van der Waals surface area contributed by atoms with Crippen molar-refractivity contribution >= 4 is 0 Å². The standard InChI is InChI=1S/C14H19N3/c1-2-3-4-12-5-7-14(8-6-12)17-10-9-13(11-15)16-17/h5-10H,2-4,11,15H2,1H3. The zero-order valence-corrected chi connectivity index (χ0v) is 10.3. The fourth-order valence-electron chi connectivity index (χ4n) is 1.81. The van der Waals surface area contributed by atoms with Gasteiger partial charge in [0.25, 0.3) is 0 Å². The molecule has 0 atom stereocenters. The predicted molar refractivity (Wildman–Crippen MR) is 70.1 cm³/mol. The third-order valence-corrected chi connectivity index (χ3v) is 2.87. The second kappa shape index (κ2) is 5.64. The molecule has 0 unspecified atom stereocenters. The van der Waals surface area contributed by atoms with E-state index in [1.54, 1.807) is 0 Å². The molecule has 2 aromatic rings. The van der Waals surface area contributed by atoms with Gasteiger partial charge >= 0.3 is 0 Å². The van der Waals surface area contributed by atoms with Gasteiger partial charge in [0.05, 0.1) is 11.4 Å². The average molecular weight is 229 g/mol. The molecule has 0 fully saturated rings. The van der Waals surface area contributed by atoms with Crippen LogP contribution in [0.2, 0.25) is 0 Å². The lowest BCUT2D eigenvalue weighted by Crippen LogP contribution is -2.00. The SMILES string of the molecule is CCCCc1ccc(-n2ccc(CN)n2)cc1. The minimum Gasteiger partial charge on any atom is -0.325 e. The minimum absolute atomic E-state index is 0.488. The fourth-order valence-corrected chi connectivity index (χ4v) is 1.81. The second-order valence-corrected chi connectivity index (χ2v) is 4.23. The van der Waals surface area contributed by atoms with Crippen molar-refractivity contribution in [2.45, 2.75) is 32.7 Å². The summed E-state index contributed by atoms with van der Waals surface area (Å²) >= 11 is 0. The largest absolute Gasteiger partial charge is 0.325 e. The molecule has 3 nitrogen and oxygen atoms in total. The number of benzene rings is 1. The van der Waals surface area contributed by atoms with Gasteiger partial charge in [0, 0.05) is 12.7 Å². The molecule has 3 heteroatoms. The van der Waals surface area contributed by atoms with Crippen LogP contribution in [0.5, 0.6) is 0 Å². The number of nitrogens with zero attached hydrogens (tertiary/aromatic N) is 2. The van der Waals surface area contributed by atoms with Gasteiger partial charge in [-0.1, -0.05) is 25.5 Å². The van der Waals surface area contributed by atoms with Crippen LogP contribution in [0.15, 0.2) is 36.5 Å². The molecule has 1 aromatic heterocycles. The number of rotatable bonds is 5. The number of nitrogens with two attached hydrogens (primary N) is 1. The van der Waals surface area contributed by atoms with Crippen LogP contribution in [-0.4, -0.2) is 9.78 Å². The summed E-state index contributed by atoms with van der Waals surface area (Å²) in [6, 6.07) is 10.5. The predicted octanol–water partition coefficient (Wildman–Crippen LogP) is 2.67. The molecule has 0 bridgehead atoms. The molecular weight excluding hydrogens is 210 g/mol. The van der Waals surface area contributed by atoms with E-state index in [4.69, 9.17) is 5.73 Å². The van der Waals surface area contributed by atoms with Crippen molar-refractivity contribution in [2.24, 2.45) is 5.73 Å². The van der Waals surface area contributed by atoms with Crippen LogP contribution in [0.25, 0.3) is 5.69 Å². The van der Waals surface area contributed by atoms with Crippen molar-refractivity contribution in [2.75, 3.05) is 0 Å². The Labute approximate surface area is 102 Å². The third kappa shape index (κ3) is 2.94. The van der Waals surface area contributed by atoms with Crippen LogP contribution in [0.3, 0.4) is 0 Å². The molecule has 0 aliphatic rings. The van der Waals surface area contributed by atoms with Crippen molar-refractivity contribution in [1.82, 2.24) is 9.78 Å². The van der Waals surface area contributed by atoms with Gasteiger partial charge in [-0.15, -0.1) is 0 Å². The molecule has 0 saturated heterocycles. The quantitative estimate of drug-likeness (QED) is 0.856. The summed E-state index contributed by atoms with van der Waals surface area (Å²) in [5, 5.41) is 4.38. The molecule has 0 aliphatic carbocycles. The molecule has 0 saturated carbocycles. The van der Waals surface area contributed by atoms with Gasteiger partial charge in [-0.05, 0) is 36.6 Å². The minimum atomic E-state index is 0.488. The van der Waals surface area contributed by atoms with Crippen molar-refractivity contribution in [3.05, 3.63) is 47.8 Å². The van der Waals surface area contributed by atoms with E-state index in [-0.39, 0.29) is 0 Å². The van der Waals surface area contributed by atoms with E-state index >= 15 is 0 Å². The lowest BCUT2D eigenvalue weighted by molar-refractivity contribution is 0.793. The molecule has 0 spiro atoms. The smallest absolute Gasteiger partial charge is 0.0764 e. The first-order valence-corrected chi connectivity index (χ1v) is 6.17. The van der Waals surface area contributed by atoms with Gasteiger partial charge in [0.1, 0.15) is 0 Å². The molecule has 2 N–H and O–H groups in total. The van der Waals surface area contributed by atoms with Gasteiger partial charge in [0.2, 0.25) is 0 Å². The van der Waals surface area contributed by atoms with E-state index in [9.17, 15) is 0 Å². The Bertz CT molecular complexity index is 457. The average Bonchev–Trinajstić information content (AvgIpc) is 2.86. The van der Waals surface area contributed by atoms with E-state index in [0.29, 0.717) is 6.54 Å². The Morgan fingerprint density at radius 3 is 2.53 bits per heavy atom. The van der Waals surface area contributed by atoms with Crippen LogP contribution < -0.4 is 5.73 Å². The molecule has 0 aliphatic heterocycles.